The number of amides is 1. The lowest BCUT2D eigenvalue weighted by molar-refractivity contribution is 0.101. The van der Waals surface area contributed by atoms with Crippen LogP contribution in [0, 0.1) is 0 Å². The van der Waals surface area contributed by atoms with E-state index in [-0.39, 0.29) is 5.91 Å². The maximum absolute atomic E-state index is 12.3. The fourth-order valence-electron chi connectivity index (χ4n) is 2.46. The highest BCUT2D eigenvalue weighted by molar-refractivity contribution is 9.10. The number of benzene rings is 1. The number of aromatic nitrogens is 3. The van der Waals surface area contributed by atoms with E-state index in [1.165, 1.54) is 0 Å². The largest absolute Gasteiger partial charge is 0.360 e. The molecule has 2 aromatic heterocycles. The van der Waals surface area contributed by atoms with Crippen molar-refractivity contribution < 1.29 is 9.32 Å². The Morgan fingerprint density at radius 3 is 2.83 bits per heavy atom. The maximum Gasteiger partial charge on any atom is 0.278 e. The Hall–Kier alpha value is -2.41. The second-order valence-corrected chi connectivity index (χ2v) is 6.76. The Balaban J connectivity index is 1.47. The van der Waals surface area contributed by atoms with Crippen LogP contribution in [0.25, 0.3) is 0 Å². The van der Waals surface area contributed by atoms with Gasteiger partial charge in [0.25, 0.3) is 5.91 Å². The van der Waals surface area contributed by atoms with E-state index in [0.29, 0.717) is 24.0 Å². The molecule has 1 saturated carbocycles. The lowest BCUT2D eigenvalue weighted by atomic mass is 10.2. The highest BCUT2D eigenvalue weighted by Gasteiger charge is 2.29. The molecule has 0 unspecified atom stereocenters. The molecule has 0 saturated heterocycles. The summed E-state index contributed by atoms with van der Waals surface area (Å²) in [4.78, 5) is 12.3. The van der Waals surface area contributed by atoms with E-state index in [9.17, 15) is 4.79 Å². The van der Waals surface area contributed by atoms with Gasteiger partial charge in [-0.1, -0.05) is 33.2 Å². The normalized spacial score (nSPS) is 13.9. The Kier molecular flexibility index (Phi) is 3.93. The fourth-order valence-corrected chi connectivity index (χ4v) is 2.73. The third-order valence-corrected chi connectivity index (χ3v) is 4.47. The number of hydrogen-bond donors (Lipinski definition) is 1. The second kappa shape index (κ2) is 6.24. The van der Waals surface area contributed by atoms with Gasteiger partial charge >= 0.3 is 0 Å². The Morgan fingerprint density at radius 2 is 2.08 bits per heavy atom. The van der Waals surface area contributed by atoms with Crippen molar-refractivity contribution in [2.24, 2.45) is 0 Å². The minimum absolute atomic E-state index is 0.289. The quantitative estimate of drug-likeness (QED) is 0.723. The van der Waals surface area contributed by atoms with Gasteiger partial charge in [-0.25, -0.2) is 4.68 Å². The van der Waals surface area contributed by atoms with Crippen molar-refractivity contribution >= 4 is 27.7 Å². The Bertz CT molecular complexity index is 865. The Morgan fingerprint density at radius 1 is 1.29 bits per heavy atom. The van der Waals surface area contributed by atoms with Gasteiger partial charge in [0.2, 0.25) is 0 Å². The summed E-state index contributed by atoms with van der Waals surface area (Å²) in [7, 11) is 0. The third kappa shape index (κ3) is 3.26. The van der Waals surface area contributed by atoms with Gasteiger partial charge in [0, 0.05) is 22.5 Å². The van der Waals surface area contributed by atoms with Crippen molar-refractivity contribution in [1.82, 2.24) is 14.9 Å². The summed E-state index contributed by atoms with van der Waals surface area (Å²) in [5.41, 5.74) is 1.39. The molecule has 1 aliphatic rings. The summed E-state index contributed by atoms with van der Waals surface area (Å²) >= 11 is 3.42. The number of halogens is 1. The van der Waals surface area contributed by atoms with Crippen molar-refractivity contribution in [2.45, 2.75) is 25.3 Å². The SMILES string of the molecule is O=C(Nc1ccnn1Cc1ccc(Br)cc1)c1cc(C2CC2)on1. The van der Waals surface area contributed by atoms with E-state index in [1.54, 1.807) is 23.0 Å². The maximum atomic E-state index is 12.3. The molecule has 122 valence electrons. The molecule has 0 spiro atoms. The van der Waals surface area contributed by atoms with Gasteiger partial charge < -0.3 is 9.84 Å². The van der Waals surface area contributed by atoms with Crippen LogP contribution in [-0.4, -0.2) is 20.8 Å². The predicted molar refractivity (Wildman–Crippen MR) is 91.9 cm³/mol. The number of nitrogens with zero attached hydrogens (tertiary/aromatic N) is 3. The monoisotopic (exact) mass is 386 g/mol. The average molecular weight is 387 g/mol. The minimum atomic E-state index is -0.289. The van der Waals surface area contributed by atoms with Crippen LogP contribution in [0.4, 0.5) is 5.82 Å². The summed E-state index contributed by atoms with van der Waals surface area (Å²) in [6.45, 7) is 0.571. The fraction of sp³-hybridized carbons (Fsp3) is 0.235. The molecule has 0 radical (unpaired) electrons. The van der Waals surface area contributed by atoms with E-state index in [1.807, 2.05) is 24.3 Å². The number of hydrogen-bond acceptors (Lipinski definition) is 4. The van der Waals surface area contributed by atoms with Crippen LogP contribution < -0.4 is 5.32 Å². The number of nitrogens with one attached hydrogen (secondary N) is 1. The molecule has 3 aromatic rings. The molecule has 2 heterocycles. The molecule has 1 amide bonds. The van der Waals surface area contributed by atoms with Gasteiger partial charge in [0.1, 0.15) is 11.6 Å². The summed E-state index contributed by atoms with van der Waals surface area (Å²) < 4.78 is 7.99. The van der Waals surface area contributed by atoms with Crippen LogP contribution >= 0.6 is 15.9 Å². The molecule has 24 heavy (non-hydrogen) atoms. The van der Waals surface area contributed by atoms with Crippen molar-refractivity contribution in [3.8, 4) is 0 Å². The second-order valence-electron chi connectivity index (χ2n) is 5.84. The number of anilines is 1. The standard InChI is InChI=1S/C17H15BrN4O2/c18-13-5-1-11(2-6-13)10-22-16(7-8-19-22)20-17(23)14-9-15(24-21-14)12-3-4-12/h1-2,5-9,12H,3-4,10H2,(H,20,23). The minimum Gasteiger partial charge on any atom is -0.360 e. The molecule has 0 bridgehead atoms. The first-order chi connectivity index (χ1) is 11.7. The highest BCUT2D eigenvalue weighted by Crippen LogP contribution is 2.40. The molecular formula is C17H15BrN4O2. The van der Waals surface area contributed by atoms with Gasteiger partial charge in [-0.05, 0) is 30.5 Å². The summed E-state index contributed by atoms with van der Waals surface area (Å²) in [5, 5.41) is 11.0. The first kappa shape index (κ1) is 15.1. The van der Waals surface area contributed by atoms with E-state index in [0.717, 1.165) is 28.6 Å². The zero-order valence-corrected chi connectivity index (χ0v) is 14.4. The lowest BCUT2D eigenvalue weighted by Crippen LogP contribution is -2.16. The van der Waals surface area contributed by atoms with Gasteiger partial charge in [-0.2, -0.15) is 5.10 Å². The molecule has 1 aliphatic carbocycles. The van der Waals surface area contributed by atoms with Gasteiger partial charge in [0.05, 0.1) is 12.7 Å². The molecule has 0 atom stereocenters. The zero-order chi connectivity index (χ0) is 16.5. The molecular weight excluding hydrogens is 372 g/mol. The summed E-state index contributed by atoms with van der Waals surface area (Å²) in [5.74, 6) is 1.56. The van der Waals surface area contributed by atoms with E-state index in [2.05, 4.69) is 31.5 Å². The molecule has 1 aromatic carbocycles. The van der Waals surface area contributed by atoms with Gasteiger partial charge in [-0.15, -0.1) is 0 Å². The number of rotatable bonds is 5. The molecule has 4 rings (SSSR count). The summed E-state index contributed by atoms with van der Waals surface area (Å²) in [6.07, 6.45) is 3.87. The van der Waals surface area contributed by atoms with Crippen molar-refractivity contribution in [3.63, 3.8) is 0 Å². The third-order valence-electron chi connectivity index (χ3n) is 3.94. The molecule has 1 N–H and O–H groups in total. The van der Waals surface area contributed by atoms with Gasteiger partial charge in [0.15, 0.2) is 5.69 Å². The lowest BCUT2D eigenvalue weighted by Gasteiger charge is -2.08. The number of carbonyl (C=O) groups excluding carboxylic acids is 1. The van der Waals surface area contributed by atoms with Crippen LogP contribution in [0.1, 0.15) is 40.6 Å². The molecule has 0 aliphatic heterocycles. The van der Waals surface area contributed by atoms with Crippen molar-refractivity contribution in [3.05, 3.63) is 64.1 Å². The Labute approximate surface area is 147 Å². The summed E-state index contributed by atoms with van der Waals surface area (Å²) in [6, 6.07) is 11.5. The van der Waals surface area contributed by atoms with Crippen LogP contribution in [0.5, 0.6) is 0 Å². The van der Waals surface area contributed by atoms with Crippen molar-refractivity contribution in [1.29, 1.82) is 0 Å². The highest BCUT2D eigenvalue weighted by atomic mass is 79.9. The average Bonchev–Trinajstić information content (AvgIpc) is 3.15. The van der Waals surface area contributed by atoms with Crippen molar-refractivity contribution in [2.75, 3.05) is 5.32 Å². The topological polar surface area (TPSA) is 73.0 Å². The predicted octanol–water partition coefficient (Wildman–Crippen LogP) is 3.81. The van der Waals surface area contributed by atoms with Crippen LogP contribution in [0.2, 0.25) is 0 Å². The van der Waals surface area contributed by atoms with E-state index in [4.69, 9.17) is 4.52 Å². The molecule has 6 nitrogen and oxygen atoms in total. The van der Waals surface area contributed by atoms with Gasteiger partial charge in [-0.3, -0.25) is 4.79 Å². The smallest absolute Gasteiger partial charge is 0.278 e. The molecule has 1 fully saturated rings. The first-order valence-electron chi connectivity index (χ1n) is 7.73. The van der Waals surface area contributed by atoms with E-state index < -0.39 is 0 Å². The van der Waals surface area contributed by atoms with Crippen LogP contribution in [-0.2, 0) is 6.54 Å². The first-order valence-corrected chi connectivity index (χ1v) is 8.52. The molecule has 7 heteroatoms. The number of carbonyl (C=O) groups is 1. The van der Waals surface area contributed by atoms with Crippen LogP contribution in [0.3, 0.4) is 0 Å². The van der Waals surface area contributed by atoms with Crippen LogP contribution in [0.15, 0.2) is 51.6 Å². The zero-order valence-electron chi connectivity index (χ0n) is 12.8. The van der Waals surface area contributed by atoms with E-state index >= 15 is 0 Å².